The zero-order chi connectivity index (χ0) is 13.8. The van der Waals surface area contributed by atoms with Crippen molar-refractivity contribution < 1.29 is 4.79 Å². The number of aromatic amines is 1. The van der Waals surface area contributed by atoms with Crippen molar-refractivity contribution in [1.82, 2.24) is 30.3 Å². The van der Waals surface area contributed by atoms with Gasteiger partial charge in [0.1, 0.15) is 17.8 Å². The summed E-state index contributed by atoms with van der Waals surface area (Å²) >= 11 is 0. The van der Waals surface area contributed by atoms with Crippen molar-refractivity contribution >= 4 is 11.6 Å². The molecule has 0 bridgehead atoms. The Morgan fingerprint density at radius 1 is 1.58 bits per heavy atom. The van der Waals surface area contributed by atoms with E-state index in [-0.39, 0.29) is 5.91 Å². The number of carbonyl (C=O) groups excluding carboxylic acids is 1. The number of anilines is 1. The van der Waals surface area contributed by atoms with E-state index in [0.29, 0.717) is 23.6 Å². The number of amides is 1. The SMILES string of the molecule is Cc1nn(C)c(C(=O)NCCCc2ncn[nH]2)c1N. The van der Waals surface area contributed by atoms with E-state index in [0.717, 1.165) is 18.7 Å². The molecule has 102 valence electrons. The Morgan fingerprint density at radius 3 is 2.95 bits per heavy atom. The highest BCUT2D eigenvalue weighted by Gasteiger charge is 2.17. The number of rotatable bonds is 5. The molecule has 0 aromatic carbocycles. The highest BCUT2D eigenvalue weighted by atomic mass is 16.2. The van der Waals surface area contributed by atoms with Crippen molar-refractivity contribution in [3.63, 3.8) is 0 Å². The first-order chi connectivity index (χ1) is 9.09. The van der Waals surface area contributed by atoms with Gasteiger partial charge in [0.15, 0.2) is 0 Å². The molecule has 2 aromatic heterocycles. The van der Waals surface area contributed by atoms with Crippen molar-refractivity contribution in [2.75, 3.05) is 12.3 Å². The van der Waals surface area contributed by atoms with Crippen LogP contribution < -0.4 is 11.1 Å². The number of carbonyl (C=O) groups is 1. The molecule has 4 N–H and O–H groups in total. The van der Waals surface area contributed by atoms with E-state index in [2.05, 4.69) is 25.6 Å². The van der Waals surface area contributed by atoms with Crippen molar-refractivity contribution in [2.24, 2.45) is 7.05 Å². The molecule has 2 heterocycles. The Morgan fingerprint density at radius 2 is 2.37 bits per heavy atom. The first-order valence-corrected chi connectivity index (χ1v) is 6.01. The number of nitrogens with one attached hydrogen (secondary N) is 2. The summed E-state index contributed by atoms with van der Waals surface area (Å²) in [6, 6.07) is 0. The summed E-state index contributed by atoms with van der Waals surface area (Å²) in [6.45, 7) is 2.32. The zero-order valence-electron chi connectivity index (χ0n) is 11.0. The molecule has 2 rings (SSSR count). The van der Waals surface area contributed by atoms with Gasteiger partial charge >= 0.3 is 0 Å². The van der Waals surface area contributed by atoms with Gasteiger partial charge in [0.25, 0.3) is 5.91 Å². The first-order valence-electron chi connectivity index (χ1n) is 6.01. The fourth-order valence-electron chi connectivity index (χ4n) is 1.84. The monoisotopic (exact) mass is 263 g/mol. The van der Waals surface area contributed by atoms with E-state index in [9.17, 15) is 4.79 Å². The lowest BCUT2D eigenvalue weighted by Crippen LogP contribution is -2.27. The Balaban J connectivity index is 1.84. The van der Waals surface area contributed by atoms with Gasteiger partial charge in [-0.2, -0.15) is 10.2 Å². The summed E-state index contributed by atoms with van der Waals surface area (Å²) in [7, 11) is 1.70. The summed E-state index contributed by atoms with van der Waals surface area (Å²) < 4.78 is 1.50. The highest BCUT2D eigenvalue weighted by molar-refractivity contribution is 5.97. The Kier molecular flexibility index (Phi) is 3.79. The lowest BCUT2D eigenvalue weighted by molar-refractivity contribution is 0.0944. The summed E-state index contributed by atoms with van der Waals surface area (Å²) in [6.07, 6.45) is 2.98. The van der Waals surface area contributed by atoms with Crippen LogP contribution in [0.4, 0.5) is 5.69 Å². The van der Waals surface area contributed by atoms with Crippen LogP contribution in [0.15, 0.2) is 6.33 Å². The second-order valence-corrected chi connectivity index (χ2v) is 4.26. The smallest absolute Gasteiger partial charge is 0.271 e. The van der Waals surface area contributed by atoms with Crippen molar-refractivity contribution in [1.29, 1.82) is 0 Å². The highest BCUT2D eigenvalue weighted by Crippen LogP contribution is 2.14. The fraction of sp³-hybridized carbons (Fsp3) is 0.455. The quantitative estimate of drug-likeness (QED) is 0.646. The minimum absolute atomic E-state index is 0.210. The molecule has 1 amide bonds. The maximum absolute atomic E-state index is 12.0. The van der Waals surface area contributed by atoms with E-state index in [1.165, 1.54) is 11.0 Å². The van der Waals surface area contributed by atoms with Gasteiger partial charge in [0.2, 0.25) is 0 Å². The Bertz CT molecular complexity index is 558. The summed E-state index contributed by atoms with van der Waals surface area (Å²) in [4.78, 5) is 16.0. The number of nitrogens with zero attached hydrogens (tertiary/aromatic N) is 4. The summed E-state index contributed by atoms with van der Waals surface area (Å²) in [5.74, 6) is 0.600. The maximum Gasteiger partial charge on any atom is 0.271 e. The number of H-pyrrole nitrogens is 1. The molecular formula is C11H17N7O. The molecule has 19 heavy (non-hydrogen) atoms. The predicted molar refractivity (Wildman–Crippen MR) is 69.4 cm³/mol. The van der Waals surface area contributed by atoms with Crippen LogP contribution in [0.25, 0.3) is 0 Å². The van der Waals surface area contributed by atoms with E-state index in [4.69, 9.17) is 5.73 Å². The van der Waals surface area contributed by atoms with Crippen LogP contribution in [0, 0.1) is 6.92 Å². The normalized spacial score (nSPS) is 10.6. The lowest BCUT2D eigenvalue weighted by atomic mass is 10.2. The number of aromatic nitrogens is 5. The number of hydrogen-bond donors (Lipinski definition) is 3. The van der Waals surface area contributed by atoms with Crippen LogP contribution in [0.3, 0.4) is 0 Å². The average molecular weight is 263 g/mol. The second kappa shape index (κ2) is 5.51. The number of nitrogen functional groups attached to an aromatic ring is 1. The van der Waals surface area contributed by atoms with Crippen LogP contribution in [0.1, 0.15) is 28.4 Å². The number of nitrogens with two attached hydrogens (primary N) is 1. The molecular weight excluding hydrogens is 246 g/mol. The molecule has 0 unspecified atom stereocenters. The van der Waals surface area contributed by atoms with Gasteiger partial charge in [-0.05, 0) is 13.3 Å². The summed E-state index contributed by atoms with van der Waals surface area (Å²) in [5, 5.41) is 13.5. The predicted octanol–water partition coefficient (Wildman–Crippen LogP) is -0.209. The zero-order valence-corrected chi connectivity index (χ0v) is 11.0. The van der Waals surface area contributed by atoms with Gasteiger partial charge in [0, 0.05) is 20.0 Å². The molecule has 8 nitrogen and oxygen atoms in total. The topological polar surface area (TPSA) is 115 Å². The average Bonchev–Trinajstić information content (AvgIpc) is 2.95. The van der Waals surface area contributed by atoms with Gasteiger partial charge in [-0.15, -0.1) is 0 Å². The number of hydrogen-bond acceptors (Lipinski definition) is 5. The molecule has 0 atom stereocenters. The van der Waals surface area contributed by atoms with E-state index < -0.39 is 0 Å². The standard InChI is InChI=1S/C11H17N7O/c1-7-9(12)10(18(2)17-7)11(19)13-5-3-4-8-14-6-15-16-8/h6H,3-5,12H2,1-2H3,(H,13,19)(H,14,15,16). The van der Waals surface area contributed by atoms with Gasteiger partial charge in [-0.3, -0.25) is 14.6 Å². The molecule has 2 aromatic rings. The van der Waals surface area contributed by atoms with Crippen molar-refractivity contribution in [3.8, 4) is 0 Å². The first kappa shape index (κ1) is 13.1. The molecule has 0 radical (unpaired) electrons. The molecule has 0 aliphatic carbocycles. The van der Waals surface area contributed by atoms with Crippen LogP contribution >= 0.6 is 0 Å². The Hall–Kier alpha value is -2.38. The van der Waals surface area contributed by atoms with E-state index in [1.54, 1.807) is 14.0 Å². The molecule has 0 spiro atoms. The minimum Gasteiger partial charge on any atom is -0.395 e. The van der Waals surface area contributed by atoms with Crippen LogP contribution in [-0.2, 0) is 13.5 Å². The molecule has 0 aliphatic rings. The van der Waals surface area contributed by atoms with Gasteiger partial charge < -0.3 is 11.1 Å². The molecule has 8 heteroatoms. The Labute approximate surface area is 110 Å². The maximum atomic E-state index is 12.0. The largest absolute Gasteiger partial charge is 0.395 e. The van der Waals surface area contributed by atoms with Gasteiger partial charge in [-0.25, -0.2) is 4.98 Å². The fourth-order valence-corrected chi connectivity index (χ4v) is 1.84. The van der Waals surface area contributed by atoms with Crippen LogP contribution in [-0.4, -0.2) is 37.4 Å². The number of aryl methyl sites for hydroxylation is 3. The van der Waals surface area contributed by atoms with Crippen molar-refractivity contribution in [3.05, 3.63) is 23.5 Å². The molecule has 0 saturated heterocycles. The third-order valence-electron chi connectivity index (χ3n) is 2.82. The molecule has 0 saturated carbocycles. The molecule has 0 aliphatic heterocycles. The third kappa shape index (κ3) is 2.90. The minimum atomic E-state index is -0.210. The van der Waals surface area contributed by atoms with Crippen LogP contribution in [0.5, 0.6) is 0 Å². The lowest BCUT2D eigenvalue weighted by Gasteiger charge is -2.05. The van der Waals surface area contributed by atoms with Gasteiger partial charge in [0.05, 0.1) is 11.4 Å². The molecule has 0 fully saturated rings. The summed E-state index contributed by atoms with van der Waals surface area (Å²) in [5.41, 5.74) is 7.31. The van der Waals surface area contributed by atoms with E-state index in [1.807, 2.05) is 0 Å². The van der Waals surface area contributed by atoms with Crippen LogP contribution in [0.2, 0.25) is 0 Å². The van der Waals surface area contributed by atoms with Crippen molar-refractivity contribution in [2.45, 2.75) is 19.8 Å². The second-order valence-electron chi connectivity index (χ2n) is 4.26. The third-order valence-corrected chi connectivity index (χ3v) is 2.82. The van der Waals surface area contributed by atoms with Gasteiger partial charge in [-0.1, -0.05) is 0 Å². The van der Waals surface area contributed by atoms with E-state index >= 15 is 0 Å².